The van der Waals surface area contributed by atoms with Crippen molar-refractivity contribution >= 4 is 22.7 Å². The molecule has 5 heteroatoms. The van der Waals surface area contributed by atoms with Crippen molar-refractivity contribution in [3.05, 3.63) is 77.4 Å². The summed E-state index contributed by atoms with van der Waals surface area (Å²) in [6.07, 6.45) is 0. The van der Waals surface area contributed by atoms with E-state index in [9.17, 15) is 4.79 Å². The van der Waals surface area contributed by atoms with Crippen LogP contribution in [0.25, 0.3) is 22.6 Å². The smallest absolute Gasteiger partial charge is 0.262 e. The van der Waals surface area contributed by atoms with Crippen LogP contribution in [0.3, 0.4) is 0 Å². The van der Waals surface area contributed by atoms with Gasteiger partial charge in [-0.2, -0.15) is 0 Å². The van der Waals surface area contributed by atoms with Crippen LogP contribution < -0.4 is 10.1 Å². The summed E-state index contributed by atoms with van der Waals surface area (Å²) in [7, 11) is 0. The molecule has 0 aliphatic carbocycles. The second kappa shape index (κ2) is 7.80. The molecular weight excluding hydrogens is 364 g/mol. The van der Waals surface area contributed by atoms with E-state index in [1.807, 2.05) is 69.3 Å². The minimum atomic E-state index is -0.233. The van der Waals surface area contributed by atoms with Crippen molar-refractivity contribution in [2.24, 2.45) is 0 Å². The monoisotopic (exact) mass is 386 g/mol. The largest absolute Gasteiger partial charge is 0.483 e. The first-order chi connectivity index (χ1) is 14.0. The Morgan fingerprint density at radius 3 is 2.66 bits per heavy atom. The Labute approximate surface area is 169 Å². The second-order valence-corrected chi connectivity index (χ2v) is 7.18. The zero-order valence-electron chi connectivity index (χ0n) is 16.7. The van der Waals surface area contributed by atoms with E-state index in [4.69, 9.17) is 9.15 Å². The number of anilines is 1. The molecule has 0 saturated carbocycles. The maximum atomic E-state index is 12.3. The molecular formula is C24H22N2O3. The number of nitrogens with one attached hydrogen (secondary N) is 1. The van der Waals surface area contributed by atoms with E-state index in [0.29, 0.717) is 22.9 Å². The molecule has 3 aromatic carbocycles. The van der Waals surface area contributed by atoms with E-state index < -0.39 is 0 Å². The van der Waals surface area contributed by atoms with Crippen LogP contribution >= 0.6 is 0 Å². The van der Waals surface area contributed by atoms with Crippen LogP contribution in [-0.2, 0) is 4.79 Å². The number of rotatable bonds is 5. The summed E-state index contributed by atoms with van der Waals surface area (Å²) >= 11 is 0. The Kier molecular flexibility index (Phi) is 5.04. The lowest BCUT2D eigenvalue weighted by Gasteiger charge is -2.10. The Morgan fingerprint density at radius 2 is 1.83 bits per heavy atom. The maximum absolute atomic E-state index is 12.3. The van der Waals surface area contributed by atoms with Crippen molar-refractivity contribution in [1.29, 1.82) is 0 Å². The molecule has 1 amide bonds. The van der Waals surface area contributed by atoms with Crippen LogP contribution in [0.5, 0.6) is 5.75 Å². The fourth-order valence-electron chi connectivity index (χ4n) is 3.11. The van der Waals surface area contributed by atoms with E-state index in [-0.39, 0.29) is 12.5 Å². The topological polar surface area (TPSA) is 64.4 Å². The fourth-order valence-corrected chi connectivity index (χ4v) is 3.11. The Balaban J connectivity index is 1.46. The summed E-state index contributed by atoms with van der Waals surface area (Å²) in [4.78, 5) is 16.8. The molecule has 0 saturated heterocycles. The van der Waals surface area contributed by atoms with E-state index >= 15 is 0 Å². The third-order valence-corrected chi connectivity index (χ3v) is 4.64. The van der Waals surface area contributed by atoms with E-state index in [0.717, 1.165) is 27.8 Å². The number of aryl methyl sites for hydroxylation is 3. The van der Waals surface area contributed by atoms with Crippen LogP contribution in [0.4, 0.5) is 5.69 Å². The molecule has 0 unspecified atom stereocenters. The summed E-state index contributed by atoms with van der Waals surface area (Å²) in [5, 5.41) is 2.84. The van der Waals surface area contributed by atoms with Gasteiger partial charge in [-0.25, -0.2) is 4.98 Å². The number of nitrogens with zero attached hydrogens (tertiary/aromatic N) is 1. The van der Waals surface area contributed by atoms with Gasteiger partial charge in [-0.15, -0.1) is 0 Å². The van der Waals surface area contributed by atoms with E-state index in [2.05, 4.69) is 10.3 Å². The summed E-state index contributed by atoms with van der Waals surface area (Å²) in [6, 6.07) is 19.3. The summed E-state index contributed by atoms with van der Waals surface area (Å²) < 4.78 is 11.6. The van der Waals surface area contributed by atoms with Gasteiger partial charge in [0.15, 0.2) is 12.2 Å². The first kappa shape index (κ1) is 18.7. The molecule has 0 aliphatic heterocycles. The number of amides is 1. The molecule has 0 atom stereocenters. The number of oxazole rings is 1. The van der Waals surface area contributed by atoms with Gasteiger partial charge in [-0.3, -0.25) is 4.79 Å². The van der Waals surface area contributed by atoms with Crippen molar-refractivity contribution < 1.29 is 13.9 Å². The highest BCUT2D eigenvalue weighted by Gasteiger charge is 2.11. The molecule has 0 fully saturated rings. The molecule has 0 spiro atoms. The zero-order chi connectivity index (χ0) is 20.4. The van der Waals surface area contributed by atoms with Gasteiger partial charge in [-0.1, -0.05) is 29.8 Å². The number of fused-ring (bicyclic) bond motifs is 1. The van der Waals surface area contributed by atoms with E-state index in [1.54, 1.807) is 12.1 Å². The first-order valence-electron chi connectivity index (χ1n) is 9.45. The van der Waals surface area contributed by atoms with Crippen LogP contribution in [0.2, 0.25) is 0 Å². The van der Waals surface area contributed by atoms with Gasteiger partial charge in [0.2, 0.25) is 5.89 Å². The molecule has 1 N–H and O–H groups in total. The number of carbonyl (C=O) groups is 1. The number of benzene rings is 3. The molecule has 0 bridgehead atoms. The summed E-state index contributed by atoms with van der Waals surface area (Å²) in [5.74, 6) is 1.04. The fraction of sp³-hybridized carbons (Fsp3) is 0.167. The Bertz CT molecular complexity index is 1190. The van der Waals surface area contributed by atoms with Gasteiger partial charge >= 0.3 is 0 Å². The van der Waals surface area contributed by atoms with Gasteiger partial charge in [0.05, 0.1) is 0 Å². The van der Waals surface area contributed by atoms with Crippen LogP contribution in [-0.4, -0.2) is 17.5 Å². The van der Waals surface area contributed by atoms with Crippen molar-refractivity contribution in [2.45, 2.75) is 20.8 Å². The quantitative estimate of drug-likeness (QED) is 0.496. The number of ether oxygens (including phenoxy) is 1. The molecule has 1 aromatic heterocycles. The minimum Gasteiger partial charge on any atom is -0.483 e. The van der Waals surface area contributed by atoms with Gasteiger partial charge in [-0.05, 0) is 62.2 Å². The van der Waals surface area contributed by atoms with Crippen molar-refractivity contribution in [3.8, 4) is 17.2 Å². The van der Waals surface area contributed by atoms with Crippen LogP contribution in [0.15, 0.2) is 65.1 Å². The highest BCUT2D eigenvalue weighted by atomic mass is 16.5. The molecule has 1 heterocycles. The van der Waals surface area contributed by atoms with Crippen molar-refractivity contribution in [3.63, 3.8) is 0 Å². The molecule has 4 rings (SSSR count). The summed E-state index contributed by atoms with van der Waals surface area (Å²) in [5.41, 5.74) is 6.15. The molecule has 29 heavy (non-hydrogen) atoms. The third-order valence-electron chi connectivity index (χ3n) is 4.64. The SMILES string of the molecule is Cc1cccc(-c2nc3ccc(NC(=O)COc4cc(C)ccc4C)cc3o2)c1. The predicted octanol–water partition coefficient (Wildman–Crippen LogP) is 5.44. The lowest BCUT2D eigenvalue weighted by Crippen LogP contribution is -2.20. The van der Waals surface area contributed by atoms with Crippen LogP contribution in [0, 0.1) is 20.8 Å². The number of aromatic nitrogens is 1. The highest BCUT2D eigenvalue weighted by molar-refractivity contribution is 5.94. The number of hydrogen-bond acceptors (Lipinski definition) is 4. The Morgan fingerprint density at radius 1 is 1.00 bits per heavy atom. The van der Waals surface area contributed by atoms with E-state index in [1.165, 1.54) is 0 Å². The predicted molar refractivity (Wildman–Crippen MR) is 114 cm³/mol. The minimum absolute atomic E-state index is 0.0622. The van der Waals surface area contributed by atoms with Crippen molar-refractivity contribution in [2.75, 3.05) is 11.9 Å². The van der Waals surface area contributed by atoms with Gasteiger partial charge in [0, 0.05) is 17.3 Å². The molecule has 5 nitrogen and oxygen atoms in total. The number of hydrogen-bond donors (Lipinski definition) is 1. The van der Waals surface area contributed by atoms with Gasteiger partial charge in [0.25, 0.3) is 5.91 Å². The molecule has 146 valence electrons. The average molecular weight is 386 g/mol. The standard InChI is InChI=1S/C24H22N2O3/c1-15-5-4-6-18(11-15)24-26-20-10-9-19(13-22(20)29-24)25-23(27)14-28-21-12-16(2)7-8-17(21)3/h4-13H,14H2,1-3H3,(H,25,27). The molecule has 4 aromatic rings. The number of carbonyl (C=O) groups excluding carboxylic acids is 1. The zero-order valence-corrected chi connectivity index (χ0v) is 16.7. The van der Waals surface area contributed by atoms with Crippen molar-refractivity contribution in [1.82, 2.24) is 4.98 Å². The third kappa shape index (κ3) is 4.29. The maximum Gasteiger partial charge on any atom is 0.262 e. The average Bonchev–Trinajstić information content (AvgIpc) is 3.12. The lowest BCUT2D eigenvalue weighted by molar-refractivity contribution is -0.118. The lowest BCUT2D eigenvalue weighted by atomic mass is 10.1. The second-order valence-electron chi connectivity index (χ2n) is 7.18. The highest BCUT2D eigenvalue weighted by Crippen LogP contribution is 2.27. The molecule has 0 radical (unpaired) electrons. The summed E-state index contributed by atoms with van der Waals surface area (Å²) in [6.45, 7) is 5.91. The van der Waals surface area contributed by atoms with Gasteiger partial charge < -0.3 is 14.5 Å². The van der Waals surface area contributed by atoms with Crippen LogP contribution in [0.1, 0.15) is 16.7 Å². The normalized spacial score (nSPS) is 10.9. The van der Waals surface area contributed by atoms with Gasteiger partial charge in [0.1, 0.15) is 11.3 Å². The first-order valence-corrected chi connectivity index (χ1v) is 9.45. The molecule has 0 aliphatic rings. The Hall–Kier alpha value is -3.60.